The number of fused-ring (bicyclic) bond motifs is 1. The minimum absolute atomic E-state index is 0.177. The summed E-state index contributed by atoms with van der Waals surface area (Å²) in [6, 6.07) is 10.1. The number of amides is 1. The zero-order valence-electron chi connectivity index (χ0n) is 11.9. The molecule has 0 atom stereocenters. The van der Waals surface area contributed by atoms with E-state index >= 15 is 0 Å². The summed E-state index contributed by atoms with van der Waals surface area (Å²) in [5.41, 5.74) is 0.609. The number of ether oxygens (including phenoxy) is 1. The quantitative estimate of drug-likeness (QED) is 0.801. The van der Waals surface area contributed by atoms with Crippen LogP contribution >= 0.6 is 0 Å². The van der Waals surface area contributed by atoms with Gasteiger partial charge in [-0.1, -0.05) is 12.1 Å². The predicted molar refractivity (Wildman–Crippen MR) is 82.2 cm³/mol. The Balaban J connectivity index is 1.69. The van der Waals surface area contributed by atoms with Gasteiger partial charge < -0.3 is 10.1 Å². The van der Waals surface area contributed by atoms with Crippen molar-refractivity contribution >= 4 is 22.4 Å². The second-order valence-electron chi connectivity index (χ2n) is 4.81. The molecule has 1 heterocycles. The first-order valence-corrected chi connectivity index (χ1v) is 6.84. The summed E-state index contributed by atoms with van der Waals surface area (Å²) in [6.45, 7) is -0.385. The van der Waals surface area contributed by atoms with Crippen molar-refractivity contribution in [2.75, 3.05) is 11.9 Å². The minimum atomic E-state index is -0.853. The zero-order valence-corrected chi connectivity index (χ0v) is 11.9. The van der Waals surface area contributed by atoms with Gasteiger partial charge in [0.2, 0.25) is 0 Å². The van der Waals surface area contributed by atoms with Crippen molar-refractivity contribution in [1.29, 1.82) is 0 Å². The number of halogens is 2. The molecular weight excluding hydrogens is 302 g/mol. The molecule has 2 aromatic carbocycles. The van der Waals surface area contributed by atoms with E-state index in [1.807, 2.05) is 6.07 Å². The number of nitrogens with one attached hydrogen (secondary N) is 1. The smallest absolute Gasteiger partial charge is 0.262 e. The highest BCUT2D eigenvalue weighted by atomic mass is 19.1. The second-order valence-corrected chi connectivity index (χ2v) is 4.81. The van der Waals surface area contributed by atoms with Crippen LogP contribution in [-0.4, -0.2) is 17.5 Å². The molecule has 1 aromatic heterocycles. The zero-order chi connectivity index (χ0) is 16.2. The number of aromatic nitrogens is 1. The van der Waals surface area contributed by atoms with Crippen LogP contribution in [0.3, 0.4) is 0 Å². The summed E-state index contributed by atoms with van der Waals surface area (Å²) in [4.78, 5) is 16.0. The lowest BCUT2D eigenvalue weighted by Gasteiger charge is -2.10. The summed E-state index contributed by atoms with van der Waals surface area (Å²) < 4.78 is 31.3. The average molecular weight is 314 g/mol. The van der Waals surface area contributed by atoms with Crippen molar-refractivity contribution in [2.45, 2.75) is 0 Å². The molecule has 0 saturated heterocycles. The molecule has 4 nitrogen and oxygen atoms in total. The van der Waals surface area contributed by atoms with E-state index in [1.165, 1.54) is 0 Å². The third kappa shape index (κ3) is 3.42. The van der Waals surface area contributed by atoms with Crippen LogP contribution < -0.4 is 10.1 Å². The van der Waals surface area contributed by atoms with Gasteiger partial charge in [-0.3, -0.25) is 9.78 Å². The van der Waals surface area contributed by atoms with Crippen LogP contribution in [0.5, 0.6) is 5.75 Å². The van der Waals surface area contributed by atoms with Crippen LogP contribution in [0.15, 0.2) is 54.9 Å². The van der Waals surface area contributed by atoms with E-state index in [2.05, 4.69) is 10.3 Å². The normalized spacial score (nSPS) is 10.5. The van der Waals surface area contributed by atoms with Gasteiger partial charge in [-0.05, 0) is 24.3 Å². The predicted octanol–water partition coefficient (Wildman–Crippen LogP) is 3.53. The molecule has 3 rings (SSSR count). The number of carbonyl (C=O) groups excluding carboxylic acids is 1. The van der Waals surface area contributed by atoms with Crippen LogP contribution in [0.1, 0.15) is 0 Å². The van der Waals surface area contributed by atoms with Crippen LogP contribution in [0.25, 0.3) is 10.8 Å². The van der Waals surface area contributed by atoms with Crippen molar-refractivity contribution in [2.24, 2.45) is 0 Å². The summed E-state index contributed by atoms with van der Waals surface area (Å²) in [6.07, 6.45) is 3.32. The summed E-state index contributed by atoms with van der Waals surface area (Å²) in [7, 11) is 0. The Hall–Kier alpha value is -3.02. The molecule has 0 spiro atoms. The molecule has 3 aromatic rings. The van der Waals surface area contributed by atoms with E-state index in [0.29, 0.717) is 11.8 Å². The number of carbonyl (C=O) groups is 1. The summed E-state index contributed by atoms with van der Waals surface area (Å²) in [5, 5.41) is 4.42. The van der Waals surface area contributed by atoms with E-state index in [4.69, 9.17) is 4.74 Å². The Kier molecular flexibility index (Phi) is 4.14. The van der Waals surface area contributed by atoms with E-state index in [0.717, 1.165) is 22.9 Å². The molecule has 116 valence electrons. The van der Waals surface area contributed by atoms with Crippen molar-refractivity contribution in [3.05, 3.63) is 66.5 Å². The lowest BCUT2D eigenvalue weighted by Crippen LogP contribution is -2.20. The highest BCUT2D eigenvalue weighted by molar-refractivity contribution is 6.02. The minimum Gasteiger partial charge on any atom is -0.481 e. The van der Waals surface area contributed by atoms with Crippen molar-refractivity contribution in [3.8, 4) is 5.75 Å². The molecule has 0 radical (unpaired) electrons. The number of rotatable bonds is 4. The largest absolute Gasteiger partial charge is 0.481 e. The van der Waals surface area contributed by atoms with Crippen LogP contribution in [-0.2, 0) is 4.79 Å². The Bertz CT molecular complexity index is 863. The van der Waals surface area contributed by atoms with Gasteiger partial charge in [0.15, 0.2) is 18.2 Å². The number of hydrogen-bond acceptors (Lipinski definition) is 3. The highest BCUT2D eigenvalue weighted by Crippen LogP contribution is 2.22. The number of hydrogen-bond donors (Lipinski definition) is 1. The number of pyridine rings is 1. The molecule has 6 heteroatoms. The number of benzene rings is 2. The highest BCUT2D eigenvalue weighted by Gasteiger charge is 2.09. The maximum Gasteiger partial charge on any atom is 0.262 e. The monoisotopic (exact) mass is 314 g/mol. The van der Waals surface area contributed by atoms with Gasteiger partial charge in [0, 0.05) is 34.9 Å². The molecule has 0 bridgehead atoms. The average Bonchev–Trinajstić information content (AvgIpc) is 2.54. The van der Waals surface area contributed by atoms with Gasteiger partial charge in [-0.2, -0.15) is 0 Å². The number of anilines is 1. The van der Waals surface area contributed by atoms with Crippen LogP contribution in [0, 0.1) is 11.6 Å². The maximum atomic E-state index is 13.4. The van der Waals surface area contributed by atoms with E-state index < -0.39 is 17.5 Å². The molecule has 0 saturated carbocycles. The molecular formula is C17H12F2N2O2. The standard InChI is InChI=1S/C17H12F2N2O2/c18-12-4-5-16(14(19)8-12)23-10-17(22)21-15-3-1-2-11-9-20-7-6-13(11)15/h1-9H,10H2,(H,21,22). The molecule has 0 aliphatic rings. The second kappa shape index (κ2) is 6.39. The van der Waals surface area contributed by atoms with E-state index in [9.17, 15) is 13.6 Å². The third-order valence-corrected chi connectivity index (χ3v) is 3.21. The van der Waals surface area contributed by atoms with Crippen LogP contribution in [0.2, 0.25) is 0 Å². The molecule has 1 N–H and O–H groups in total. The van der Waals surface area contributed by atoms with Gasteiger partial charge in [0.05, 0.1) is 0 Å². The van der Waals surface area contributed by atoms with Crippen molar-refractivity contribution in [1.82, 2.24) is 4.98 Å². The topological polar surface area (TPSA) is 51.2 Å². The van der Waals surface area contributed by atoms with Gasteiger partial charge >= 0.3 is 0 Å². The van der Waals surface area contributed by atoms with Gasteiger partial charge in [-0.25, -0.2) is 8.78 Å². The van der Waals surface area contributed by atoms with Gasteiger partial charge in [-0.15, -0.1) is 0 Å². The molecule has 0 fully saturated rings. The molecule has 23 heavy (non-hydrogen) atoms. The third-order valence-electron chi connectivity index (χ3n) is 3.21. The molecule has 0 aliphatic heterocycles. The Morgan fingerprint density at radius 1 is 1.17 bits per heavy atom. The fourth-order valence-corrected chi connectivity index (χ4v) is 2.15. The summed E-state index contributed by atoms with van der Waals surface area (Å²) in [5.74, 6) is -2.18. The van der Waals surface area contributed by atoms with Crippen molar-refractivity contribution in [3.63, 3.8) is 0 Å². The molecule has 1 amide bonds. The fraction of sp³-hybridized carbons (Fsp3) is 0.0588. The summed E-state index contributed by atoms with van der Waals surface area (Å²) >= 11 is 0. The Labute approximate surface area is 130 Å². The van der Waals surface area contributed by atoms with E-state index in [-0.39, 0.29) is 12.4 Å². The number of nitrogens with zero attached hydrogens (tertiary/aromatic N) is 1. The van der Waals surface area contributed by atoms with Gasteiger partial charge in [0.25, 0.3) is 5.91 Å². The Morgan fingerprint density at radius 3 is 2.87 bits per heavy atom. The first kappa shape index (κ1) is 14.9. The van der Waals surface area contributed by atoms with E-state index in [1.54, 1.807) is 30.6 Å². The first-order valence-electron chi connectivity index (χ1n) is 6.84. The molecule has 0 aliphatic carbocycles. The SMILES string of the molecule is O=C(COc1ccc(F)cc1F)Nc1cccc2cnccc12. The molecule has 0 unspecified atom stereocenters. The van der Waals surface area contributed by atoms with Gasteiger partial charge in [0.1, 0.15) is 5.82 Å². The first-order chi connectivity index (χ1) is 11.1. The lowest BCUT2D eigenvalue weighted by molar-refractivity contribution is -0.118. The lowest BCUT2D eigenvalue weighted by atomic mass is 10.1. The fourth-order valence-electron chi connectivity index (χ4n) is 2.15. The Morgan fingerprint density at radius 2 is 2.04 bits per heavy atom. The maximum absolute atomic E-state index is 13.4. The van der Waals surface area contributed by atoms with Crippen molar-refractivity contribution < 1.29 is 18.3 Å². The van der Waals surface area contributed by atoms with Crippen LogP contribution in [0.4, 0.5) is 14.5 Å².